The molecule has 4 rings (SSSR count). The molecule has 40 heavy (non-hydrogen) atoms. The van der Waals surface area contributed by atoms with Gasteiger partial charge in [-0.3, -0.25) is 9.59 Å². The van der Waals surface area contributed by atoms with Gasteiger partial charge in [0.05, 0.1) is 31.2 Å². The highest BCUT2D eigenvalue weighted by molar-refractivity contribution is 14.1. The number of aromatic carboxylic acids is 1. The molecule has 2 amide bonds. The Balaban J connectivity index is 1.61. The number of hydrogen-bond donors (Lipinski definition) is 3. The van der Waals surface area contributed by atoms with Crippen molar-refractivity contribution in [1.29, 1.82) is 0 Å². The predicted octanol–water partition coefficient (Wildman–Crippen LogP) is 9.33. The van der Waals surface area contributed by atoms with E-state index < -0.39 is 33.3 Å². The molecule has 6 nitrogen and oxygen atoms in total. The van der Waals surface area contributed by atoms with Crippen molar-refractivity contribution < 1.29 is 19.5 Å². The molecule has 0 aliphatic heterocycles. The van der Waals surface area contributed by atoms with Gasteiger partial charge in [0.1, 0.15) is 5.25 Å². The fraction of sp³-hybridized carbons (Fsp3) is 0.0357. The first-order chi connectivity index (χ1) is 19.1. The Morgan fingerprint density at radius 1 is 0.725 bits per heavy atom. The molecule has 4 aromatic carbocycles. The van der Waals surface area contributed by atoms with Crippen LogP contribution in [0.15, 0.2) is 83.8 Å². The number of nitrogens with one attached hydrogen (secondary N) is 2. The summed E-state index contributed by atoms with van der Waals surface area (Å²) < 4.78 is 1.04. The fourth-order valence-corrected chi connectivity index (χ4v) is 6.13. The number of thioether (sulfide) groups is 1. The minimum absolute atomic E-state index is 0.227. The van der Waals surface area contributed by atoms with E-state index in [1.165, 1.54) is 11.8 Å². The van der Waals surface area contributed by atoms with Crippen LogP contribution >= 0.6 is 80.8 Å². The molecule has 1 unspecified atom stereocenters. The van der Waals surface area contributed by atoms with E-state index in [4.69, 9.17) is 46.4 Å². The molecule has 0 heterocycles. The maximum absolute atomic E-state index is 13.4. The second-order valence-corrected chi connectivity index (χ2v) is 12.1. The number of carboxylic acids is 1. The van der Waals surface area contributed by atoms with Crippen LogP contribution in [-0.4, -0.2) is 22.9 Å². The van der Waals surface area contributed by atoms with Crippen LogP contribution in [-0.2, 0) is 4.79 Å². The molecule has 4 aromatic rings. The van der Waals surface area contributed by atoms with E-state index in [-0.39, 0.29) is 21.0 Å². The molecule has 0 bridgehead atoms. The van der Waals surface area contributed by atoms with Gasteiger partial charge in [-0.2, -0.15) is 0 Å². The average molecular weight is 746 g/mol. The third kappa shape index (κ3) is 7.05. The molecule has 1 atom stereocenters. The third-order valence-corrected chi connectivity index (χ3v) is 9.28. The van der Waals surface area contributed by atoms with Crippen molar-refractivity contribution in [1.82, 2.24) is 0 Å². The lowest BCUT2D eigenvalue weighted by Gasteiger charge is -2.18. The second kappa shape index (κ2) is 13.5. The minimum atomic E-state index is -1.50. The summed E-state index contributed by atoms with van der Waals surface area (Å²) in [5.41, 5.74) is 0.785. The zero-order valence-electron chi connectivity index (χ0n) is 20.1. The van der Waals surface area contributed by atoms with Crippen LogP contribution < -0.4 is 10.6 Å². The second-order valence-electron chi connectivity index (χ2n) is 8.20. The van der Waals surface area contributed by atoms with Gasteiger partial charge < -0.3 is 15.7 Å². The van der Waals surface area contributed by atoms with Crippen LogP contribution in [0.5, 0.6) is 0 Å². The van der Waals surface area contributed by atoms with Gasteiger partial charge >= 0.3 is 5.97 Å². The number of benzene rings is 4. The Kier molecular flexibility index (Phi) is 10.3. The Hall–Kier alpha value is -2.47. The van der Waals surface area contributed by atoms with Gasteiger partial charge in [0.15, 0.2) is 0 Å². The van der Waals surface area contributed by atoms with E-state index in [0.717, 1.165) is 9.13 Å². The fourth-order valence-electron chi connectivity index (χ4n) is 3.66. The summed E-state index contributed by atoms with van der Waals surface area (Å²) in [4.78, 5) is 39.1. The molecule has 0 fully saturated rings. The van der Waals surface area contributed by atoms with Crippen molar-refractivity contribution in [3.63, 3.8) is 0 Å². The Morgan fingerprint density at radius 3 is 1.98 bits per heavy atom. The van der Waals surface area contributed by atoms with Crippen LogP contribution in [0.2, 0.25) is 20.1 Å². The quantitative estimate of drug-likeness (QED) is 0.0724. The molecule has 12 heteroatoms. The summed E-state index contributed by atoms with van der Waals surface area (Å²) in [5, 5.41) is 13.4. The van der Waals surface area contributed by atoms with Crippen LogP contribution in [0.3, 0.4) is 0 Å². The van der Waals surface area contributed by atoms with Crippen LogP contribution in [0.4, 0.5) is 11.4 Å². The van der Waals surface area contributed by atoms with E-state index >= 15 is 0 Å². The van der Waals surface area contributed by atoms with E-state index in [2.05, 4.69) is 33.2 Å². The molecule has 0 spiro atoms. The molecule has 0 saturated carbocycles. The van der Waals surface area contributed by atoms with Gasteiger partial charge in [-0.25, -0.2) is 4.79 Å². The summed E-state index contributed by atoms with van der Waals surface area (Å²) in [6.45, 7) is 0. The monoisotopic (exact) mass is 744 g/mol. The topological polar surface area (TPSA) is 95.5 Å². The number of halogens is 5. The number of rotatable bonds is 8. The summed E-state index contributed by atoms with van der Waals surface area (Å²) in [7, 11) is 0. The number of carboxylic acid groups (broad SMARTS) is 1. The number of carbonyl (C=O) groups is 3. The predicted molar refractivity (Wildman–Crippen MR) is 171 cm³/mol. The number of hydrogen-bond acceptors (Lipinski definition) is 4. The first kappa shape index (κ1) is 30.5. The number of anilines is 2. The van der Waals surface area contributed by atoms with Crippen molar-refractivity contribution in [2.75, 3.05) is 10.6 Å². The standard InChI is InChI=1S/C28H17Cl4IN2O4S/c29-21-19(20(28(38)39)22(30)24(32)23(21)31)26(36)35-17-7-4-8-18(13-17)40-25(14-5-2-1-3-6-14)27(37)34-16-11-9-15(33)10-12-16/h1-13,25H,(H,34,37)(H,35,36)(H,38,39). The van der Waals surface area contributed by atoms with Gasteiger partial charge in [-0.15, -0.1) is 11.8 Å². The average Bonchev–Trinajstić information content (AvgIpc) is 2.94. The van der Waals surface area contributed by atoms with Gasteiger partial charge in [0, 0.05) is 19.8 Å². The van der Waals surface area contributed by atoms with Crippen molar-refractivity contribution in [3.8, 4) is 0 Å². The van der Waals surface area contributed by atoms with Crippen molar-refractivity contribution in [2.45, 2.75) is 10.1 Å². The zero-order chi connectivity index (χ0) is 29.0. The van der Waals surface area contributed by atoms with Crippen LogP contribution in [0, 0.1) is 3.57 Å². The Labute approximate surface area is 267 Å². The maximum Gasteiger partial charge on any atom is 0.338 e. The van der Waals surface area contributed by atoms with Crippen LogP contribution in [0.25, 0.3) is 0 Å². The van der Waals surface area contributed by atoms with Gasteiger partial charge in [-0.05, 0) is 70.6 Å². The molecular formula is C28H17Cl4IN2O4S. The lowest BCUT2D eigenvalue weighted by Crippen LogP contribution is -2.19. The van der Waals surface area contributed by atoms with E-state index in [9.17, 15) is 19.5 Å². The Bertz CT molecular complexity index is 1600. The SMILES string of the molecule is O=C(O)c1c(Cl)c(Cl)c(Cl)c(Cl)c1C(=O)Nc1cccc(SC(C(=O)Nc2ccc(I)cc2)c2ccccc2)c1. The molecule has 0 aliphatic carbocycles. The maximum atomic E-state index is 13.4. The van der Waals surface area contributed by atoms with Crippen molar-refractivity contribution in [2.24, 2.45) is 0 Å². The summed E-state index contributed by atoms with van der Waals surface area (Å²) in [5.74, 6) is -2.57. The number of amides is 2. The summed E-state index contributed by atoms with van der Waals surface area (Å²) >= 11 is 27.8. The van der Waals surface area contributed by atoms with E-state index in [1.54, 1.807) is 24.3 Å². The van der Waals surface area contributed by atoms with Crippen molar-refractivity contribution in [3.05, 3.63) is 119 Å². The highest BCUT2D eigenvalue weighted by Crippen LogP contribution is 2.42. The third-order valence-electron chi connectivity index (χ3n) is 5.51. The first-order valence-corrected chi connectivity index (χ1v) is 14.8. The molecule has 0 aromatic heterocycles. The highest BCUT2D eigenvalue weighted by Gasteiger charge is 2.29. The van der Waals surface area contributed by atoms with Gasteiger partial charge in [-0.1, -0.05) is 82.8 Å². The molecule has 3 N–H and O–H groups in total. The van der Waals surface area contributed by atoms with E-state index in [0.29, 0.717) is 16.3 Å². The van der Waals surface area contributed by atoms with Gasteiger partial charge in [0.2, 0.25) is 5.91 Å². The number of carbonyl (C=O) groups excluding carboxylic acids is 2. The smallest absolute Gasteiger partial charge is 0.338 e. The Morgan fingerprint density at radius 2 is 1.35 bits per heavy atom. The molecule has 0 radical (unpaired) electrons. The summed E-state index contributed by atoms with van der Waals surface area (Å²) in [6.07, 6.45) is 0. The van der Waals surface area contributed by atoms with Crippen LogP contribution in [0.1, 0.15) is 31.5 Å². The largest absolute Gasteiger partial charge is 0.478 e. The van der Waals surface area contributed by atoms with Crippen molar-refractivity contribution >= 4 is 110 Å². The summed E-state index contributed by atoms with van der Waals surface area (Å²) in [6, 6.07) is 23.5. The molecule has 0 saturated heterocycles. The minimum Gasteiger partial charge on any atom is -0.478 e. The lowest BCUT2D eigenvalue weighted by atomic mass is 10.1. The first-order valence-electron chi connectivity index (χ1n) is 11.4. The normalized spacial score (nSPS) is 11.5. The molecular weight excluding hydrogens is 729 g/mol. The van der Waals surface area contributed by atoms with E-state index in [1.807, 2.05) is 54.6 Å². The zero-order valence-corrected chi connectivity index (χ0v) is 26.1. The molecule has 0 aliphatic rings. The highest BCUT2D eigenvalue weighted by atomic mass is 127. The lowest BCUT2D eigenvalue weighted by molar-refractivity contribution is -0.115. The van der Waals surface area contributed by atoms with Gasteiger partial charge in [0.25, 0.3) is 5.91 Å². The molecule has 204 valence electrons.